The van der Waals surface area contributed by atoms with E-state index in [0.29, 0.717) is 30.9 Å². The number of aryl methyl sites for hydroxylation is 2. The van der Waals surface area contributed by atoms with Gasteiger partial charge in [-0.1, -0.05) is 38.1 Å². The molecule has 2 N–H and O–H groups in total. The summed E-state index contributed by atoms with van der Waals surface area (Å²) < 4.78 is 16.5. The number of para-hydroxylation sites is 2. The first kappa shape index (κ1) is 24.1. The number of hydrogen-bond acceptors (Lipinski definition) is 5. The van der Waals surface area contributed by atoms with Crippen molar-refractivity contribution in [2.45, 2.75) is 40.5 Å². The summed E-state index contributed by atoms with van der Waals surface area (Å²) in [5.41, 5.74) is 6.43. The van der Waals surface area contributed by atoms with Crippen molar-refractivity contribution in [2.75, 3.05) is 20.3 Å². The van der Waals surface area contributed by atoms with Gasteiger partial charge in [-0.2, -0.15) is 0 Å². The number of rotatable bonds is 10. The van der Waals surface area contributed by atoms with Gasteiger partial charge in [-0.3, -0.25) is 20.4 Å². The normalized spacial score (nSPS) is 10.9. The minimum absolute atomic E-state index is 0.245. The van der Waals surface area contributed by atoms with Gasteiger partial charge in [0.15, 0.2) is 18.1 Å². The van der Waals surface area contributed by atoms with E-state index in [2.05, 4.69) is 10.9 Å². The fourth-order valence-corrected chi connectivity index (χ4v) is 2.89. The zero-order chi connectivity index (χ0) is 22.9. The molecule has 0 bridgehead atoms. The lowest BCUT2D eigenvalue weighted by Crippen LogP contribution is -2.49. The molecule has 0 heterocycles. The number of methoxy groups -OCH3 is 1. The van der Waals surface area contributed by atoms with Gasteiger partial charge in [-0.15, -0.1) is 0 Å². The lowest BCUT2D eigenvalue weighted by molar-refractivity contribution is -0.135. The summed E-state index contributed by atoms with van der Waals surface area (Å²) in [6.07, 6.45) is 1.32. The largest absolute Gasteiger partial charge is 0.493 e. The Morgan fingerprint density at radius 3 is 2.35 bits per heavy atom. The van der Waals surface area contributed by atoms with Crippen LogP contribution in [0.25, 0.3) is 0 Å². The van der Waals surface area contributed by atoms with Crippen molar-refractivity contribution in [3.63, 3.8) is 0 Å². The van der Waals surface area contributed by atoms with Crippen LogP contribution in [0.3, 0.4) is 0 Å². The van der Waals surface area contributed by atoms with Gasteiger partial charge in [0.1, 0.15) is 5.75 Å². The number of carbonyl (C=O) groups is 2. The standard InChI is InChI=1S/C24H32N2O5/c1-17-11-12-18(2)21(15-17)30-14-8-13-24(3,4)23(28)26-25-22(27)16-31-20-10-7-6-9-19(20)29-5/h6-7,9-12,15H,8,13-14,16H2,1-5H3,(H,25,27)(H,26,28). The first-order chi connectivity index (χ1) is 14.7. The topological polar surface area (TPSA) is 85.9 Å². The van der Waals surface area contributed by atoms with Gasteiger partial charge < -0.3 is 14.2 Å². The fourth-order valence-electron chi connectivity index (χ4n) is 2.89. The van der Waals surface area contributed by atoms with Crippen LogP contribution in [0.2, 0.25) is 0 Å². The lowest BCUT2D eigenvalue weighted by Gasteiger charge is -2.23. The molecule has 0 fully saturated rings. The minimum atomic E-state index is -0.665. The first-order valence-corrected chi connectivity index (χ1v) is 10.3. The number of nitrogens with one attached hydrogen (secondary N) is 2. The second-order valence-electron chi connectivity index (χ2n) is 8.05. The molecule has 0 radical (unpaired) electrons. The molecule has 0 aliphatic carbocycles. The average molecular weight is 429 g/mol. The average Bonchev–Trinajstić information content (AvgIpc) is 2.75. The van der Waals surface area contributed by atoms with Crippen molar-refractivity contribution in [3.8, 4) is 17.2 Å². The summed E-state index contributed by atoms with van der Waals surface area (Å²) in [6.45, 7) is 7.96. The fraction of sp³-hybridized carbons (Fsp3) is 0.417. The highest BCUT2D eigenvalue weighted by Gasteiger charge is 2.27. The molecule has 2 amide bonds. The molecule has 0 saturated carbocycles. The minimum Gasteiger partial charge on any atom is -0.493 e. The molecule has 0 aromatic heterocycles. The monoisotopic (exact) mass is 428 g/mol. The van der Waals surface area contributed by atoms with Gasteiger partial charge in [0.25, 0.3) is 5.91 Å². The van der Waals surface area contributed by atoms with Crippen molar-refractivity contribution in [2.24, 2.45) is 5.41 Å². The molecule has 0 unspecified atom stereocenters. The predicted octanol–water partition coefficient (Wildman–Crippen LogP) is 3.72. The number of hydrazine groups is 1. The van der Waals surface area contributed by atoms with Crippen LogP contribution in [0.4, 0.5) is 0 Å². The van der Waals surface area contributed by atoms with Crippen molar-refractivity contribution < 1.29 is 23.8 Å². The van der Waals surface area contributed by atoms with Crippen LogP contribution in [-0.4, -0.2) is 32.1 Å². The number of benzene rings is 2. The van der Waals surface area contributed by atoms with Gasteiger partial charge >= 0.3 is 0 Å². The first-order valence-electron chi connectivity index (χ1n) is 10.3. The quantitative estimate of drug-likeness (QED) is 0.445. The molecular weight excluding hydrogens is 396 g/mol. The number of carbonyl (C=O) groups excluding carboxylic acids is 2. The maximum atomic E-state index is 12.5. The smallest absolute Gasteiger partial charge is 0.276 e. The van der Waals surface area contributed by atoms with E-state index < -0.39 is 11.3 Å². The Morgan fingerprint density at radius 1 is 0.935 bits per heavy atom. The molecule has 2 aromatic rings. The summed E-state index contributed by atoms with van der Waals surface area (Å²) in [4.78, 5) is 24.5. The third-order valence-corrected chi connectivity index (χ3v) is 4.91. The number of ether oxygens (including phenoxy) is 3. The zero-order valence-corrected chi connectivity index (χ0v) is 18.9. The maximum absolute atomic E-state index is 12.5. The SMILES string of the molecule is COc1ccccc1OCC(=O)NNC(=O)C(C)(C)CCCOc1cc(C)ccc1C. The van der Waals surface area contributed by atoms with Crippen molar-refractivity contribution in [3.05, 3.63) is 53.6 Å². The van der Waals surface area contributed by atoms with E-state index in [1.165, 1.54) is 7.11 Å². The van der Waals surface area contributed by atoms with Crippen LogP contribution >= 0.6 is 0 Å². The number of amides is 2. The van der Waals surface area contributed by atoms with E-state index in [0.717, 1.165) is 16.9 Å². The van der Waals surface area contributed by atoms with E-state index in [4.69, 9.17) is 14.2 Å². The third-order valence-electron chi connectivity index (χ3n) is 4.91. The second kappa shape index (κ2) is 11.2. The summed E-state index contributed by atoms with van der Waals surface area (Å²) in [5.74, 6) is 1.11. The van der Waals surface area contributed by atoms with E-state index in [-0.39, 0.29) is 12.5 Å². The molecule has 31 heavy (non-hydrogen) atoms. The molecule has 168 valence electrons. The predicted molar refractivity (Wildman–Crippen MR) is 119 cm³/mol. The van der Waals surface area contributed by atoms with Crippen molar-refractivity contribution in [1.82, 2.24) is 10.9 Å². The van der Waals surface area contributed by atoms with Crippen molar-refractivity contribution >= 4 is 11.8 Å². The third kappa shape index (κ3) is 7.51. The van der Waals surface area contributed by atoms with E-state index >= 15 is 0 Å². The Bertz CT molecular complexity index is 895. The van der Waals surface area contributed by atoms with Crippen LogP contribution in [0, 0.1) is 19.3 Å². The Balaban J connectivity index is 1.72. The van der Waals surface area contributed by atoms with Gasteiger partial charge in [0.05, 0.1) is 13.7 Å². The lowest BCUT2D eigenvalue weighted by atomic mass is 9.87. The molecule has 0 aliphatic heterocycles. The molecule has 2 aromatic carbocycles. The molecule has 0 saturated heterocycles. The maximum Gasteiger partial charge on any atom is 0.276 e. The Hall–Kier alpha value is -3.22. The van der Waals surface area contributed by atoms with Crippen LogP contribution < -0.4 is 25.1 Å². The van der Waals surface area contributed by atoms with Crippen molar-refractivity contribution in [1.29, 1.82) is 0 Å². The van der Waals surface area contributed by atoms with E-state index in [9.17, 15) is 9.59 Å². The Kier molecular flexibility index (Phi) is 8.73. The molecule has 7 heteroatoms. The van der Waals surface area contributed by atoms with Gasteiger partial charge in [0.2, 0.25) is 5.91 Å². The van der Waals surface area contributed by atoms with Crippen LogP contribution in [-0.2, 0) is 9.59 Å². The molecule has 2 rings (SSSR count). The molecule has 0 aliphatic rings. The van der Waals surface area contributed by atoms with Gasteiger partial charge in [0, 0.05) is 5.41 Å². The zero-order valence-electron chi connectivity index (χ0n) is 18.9. The molecule has 7 nitrogen and oxygen atoms in total. The summed E-state index contributed by atoms with van der Waals surface area (Å²) in [7, 11) is 1.53. The highest BCUT2D eigenvalue weighted by atomic mass is 16.5. The van der Waals surface area contributed by atoms with Crippen LogP contribution in [0.15, 0.2) is 42.5 Å². The summed E-state index contributed by atoms with van der Waals surface area (Å²) >= 11 is 0. The highest BCUT2D eigenvalue weighted by Crippen LogP contribution is 2.26. The summed E-state index contributed by atoms with van der Waals surface area (Å²) in [5, 5.41) is 0. The van der Waals surface area contributed by atoms with E-state index in [1.54, 1.807) is 24.3 Å². The van der Waals surface area contributed by atoms with Crippen LogP contribution in [0.5, 0.6) is 17.2 Å². The highest BCUT2D eigenvalue weighted by molar-refractivity contribution is 5.85. The summed E-state index contributed by atoms with van der Waals surface area (Å²) in [6, 6.07) is 13.1. The molecule has 0 spiro atoms. The number of hydrogen-bond donors (Lipinski definition) is 2. The Morgan fingerprint density at radius 2 is 1.65 bits per heavy atom. The van der Waals surface area contributed by atoms with Crippen LogP contribution in [0.1, 0.15) is 37.8 Å². The molecule has 0 atom stereocenters. The van der Waals surface area contributed by atoms with Gasteiger partial charge in [-0.25, -0.2) is 0 Å². The second-order valence-corrected chi connectivity index (χ2v) is 8.05. The molecular formula is C24H32N2O5. The van der Waals surface area contributed by atoms with E-state index in [1.807, 2.05) is 45.9 Å². The van der Waals surface area contributed by atoms with Gasteiger partial charge in [-0.05, 0) is 56.0 Å². The Labute approximate surface area is 184 Å².